The second kappa shape index (κ2) is 6.59. The number of nitrogens with zero attached hydrogens (tertiary/aromatic N) is 2. The van der Waals surface area contributed by atoms with Crippen LogP contribution in [0.4, 0.5) is 6.01 Å². The molecule has 1 saturated heterocycles. The number of aryl methyl sites for hydroxylation is 1. The zero-order chi connectivity index (χ0) is 17.2. The highest BCUT2D eigenvalue weighted by molar-refractivity contribution is 5.78. The molecule has 1 aliphatic heterocycles. The van der Waals surface area contributed by atoms with Gasteiger partial charge >= 0.3 is 0 Å². The number of amides is 1. The number of hydrogen-bond donors (Lipinski definition) is 1. The Balaban J connectivity index is 1.62. The normalized spacial score (nSPS) is 15.7. The highest BCUT2D eigenvalue weighted by atomic mass is 16.4. The maximum atomic E-state index is 12.0. The Morgan fingerprint density at radius 2 is 2.04 bits per heavy atom. The topological polar surface area (TPSA) is 58.4 Å². The number of carbonyl (C=O) groups excluding carboxylic acids is 1. The fourth-order valence-corrected chi connectivity index (χ4v) is 3.33. The van der Waals surface area contributed by atoms with Crippen LogP contribution in [-0.2, 0) is 4.79 Å². The molecule has 1 aliphatic rings. The molecule has 1 unspecified atom stereocenters. The molecule has 0 aliphatic carbocycles. The molecular formula is C20H21N3O2. The summed E-state index contributed by atoms with van der Waals surface area (Å²) in [5.74, 6) is 0.219. The van der Waals surface area contributed by atoms with Crippen LogP contribution >= 0.6 is 0 Å². The van der Waals surface area contributed by atoms with Gasteiger partial charge in [0.2, 0.25) is 5.91 Å². The molecule has 5 heteroatoms. The predicted octanol–water partition coefficient (Wildman–Crippen LogP) is 3.91. The van der Waals surface area contributed by atoms with Crippen molar-refractivity contribution in [2.45, 2.75) is 25.8 Å². The van der Waals surface area contributed by atoms with Crippen molar-refractivity contribution in [2.24, 2.45) is 0 Å². The van der Waals surface area contributed by atoms with Gasteiger partial charge in [-0.3, -0.25) is 4.79 Å². The summed E-state index contributed by atoms with van der Waals surface area (Å²) in [4.78, 5) is 18.5. The van der Waals surface area contributed by atoms with E-state index in [0.717, 1.165) is 35.2 Å². The third kappa shape index (κ3) is 3.22. The van der Waals surface area contributed by atoms with Crippen LogP contribution in [0.15, 0.2) is 52.9 Å². The van der Waals surface area contributed by atoms with Gasteiger partial charge in [-0.25, -0.2) is 0 Å². The smallest absolute Gasteiger partial charge is 0.296 e. The number of likely N-dealkylation sites (tertiary alicyclic amines) is 1. The fourth-order valence-electron chi connectivity index (χ4n) is 3.33. The van der Waals surface area contributed by atoms with E-state index in [1.165, 1.54) is 0 Å². The number of benzene rings is 2. The molecule has 1 aromatic heterocycles. The molecular weight excluding hydrogens is 314 g/mol. The Labute approximate surface area is 146 Å². The van der Waals surface area contributed by atoms with Crippen molar-refractivity contribution in [1.82, 2.24) is 9.88 Å². The minimum atomic E-state index is -0.0587. The van der Waals surface area contributed by atoms with Gasteiger partial charge in [-0.15, -0.1) is 0 Å². The van der Waals surface area contributed by atoms with Crippen LogP contribution in [0.5, 0.6) is 0 Å². The molecule has 1 amide bonds. The van der Waals surface area contributed by atoms with Crippen molar-refractivity contribution in [3.8, 4) is 0 Å². The first-order valence-corrected chi connectivity index (χ1v) is 8.66. The fraction of sp³-hybridized carbons (Fsp3) is 0.300. The van der Waals surface area contributed by atoms with E-state index in [1.807, 2.05) is 48.2 Å². The summed E-state index contributed by atoms with van der Waals surface area (Å²) >= 11 is 0. The van der Waals surface area contributed by atoms with Crippen LogP contribution in [0.1, 0.15) is 30.0 Å². The van der Waals surface area contributed by atoms with E-state index in [0.29, 0.717) is 19.0 Å². The molecule has 5 nitrogen and oxygen atoms in total. The second-order valence-corrected chi connectivity index (χ2v) is 6.49. The zero-order valence-electron chi connectivity index (χ0n) is 14.2. The molecule has 4 rings (SSSR count). The Bertz CT molecular complexity index is 888. The lowest BCUT2D eigenvalue weighted by Crippen LogP contribution is -2.32. The largest absolute Gasteiger partial charge is 0.423 e. The summed E-state index contributed by atoms with van der Waals surface area (Å²) in [7, 11) is 0. The average molecular weight is 335 g/mol. The number of para-hydroxylation sites is 1. The number of rotatable bonds is 5. The second-order valence-electron chi connectivity index (χ2n) is 6.49. The van der Waals surface area contributed by atoms with Gasteiger partial charge in [0.15, 0.2) is 5.58 Å². The Morgan fingerprint density at radius 1 is 1.20 bits per heavy atom. The van der Waals surface area contributed by atoms with Crippen LogP contribution in [0.25, 0.3) is 11.1 Å². The van der Waals surface area contributed by atoms with E-state index < -0.39 is 0 Å². The first kappa shape index (κ1) is 15.7. The van der Waals surface area contributed by atoms with Gasteiger partial charge in [-0.1, -0.05) is 42.5 Å². The lowest BCUT2D eigenvalue weighted by atomic mass is 10.1. The third-order valence-electron chi connectivity index (χ3n) is 4.69. The van der Waals surface area contributed by atoms with E-state index in [9.17, 15) is 4.79 Å². The Hall–Kier alpha value is -2.82. The molecule has 0 radical (unpaired) electrons. The van der Waals surface area contributed by atoms with Crippen molar-refractivity contribution in [2.75, 3.05) is 18.4 Å². The zero-order valence-corrected chi connectivity index (χ0v) is 14.2. The maximum Gasteiger partial charge on any atom is 0.296 e. The quantitative estimate of drug-likeness (QED) is 0.768. The van der Waals surface area contributed by atoms with Gasteiger partial charge < -0.3 is 14.6 Å². The highest BCUT2D eigenvalue weighted by Gasteiger charge is 2.25. The molecule has 1 atom stereocenters. The minimum Gasteiger partial charge on any atom is -0.423 e. The number of anilines is 1. The molecule has 0 spiro atoms. The Kier molecular flexibility index (Phi) is 4.14. The van der Waals surface area contributed by atoms with Gasteiger partial charge in [-0.05, 0) is 30.5 Å². The van der Waals surface area contributed by atoms with E-state index in [1.54, 1.807) is 0 Å². The van der Waals surface area contributed by atoms with Crippen molar-refractivity contribution in [3.63, 3.8) is 0 Å². The van der Waals surface area contributed by atoms with Crippen molar-refractivity contribution in [1.29, 1.82) is 0 Å². The molecule has 2 heterocycles. The molecule has 0 bridgehead atoms. The summed E-state index contributed by atoms with van der Waals surface area (Å²) < 4.78 is 5.92. The van der Waals surface area contributed by atoms with Crippen LogP contribution in [0.3, 0.4) is 0 Å². The molecule has 3 aromatic rings. The Morgan fingerprint density at radius 3 is 2.76 bits per heavy atom. The number of hydrogen-bond acceptors (Lipinski definition) is 4. The minimum absolute atomic E-state index is 0.0587. The summed E-state index contributed by atoms with van der Waals surface area (Å²) in [6, 6.07) is 16.5. The molecule has 1 fully saturated rings. The monoisotopic (exact) mass is 335 g/mol. The van der Waals surface area contributed by atoms with Gasteiger partial charge in [-0.2, -0.15) is 4.98 Å². The molecule has 2 aromatic carbocycles. The molecule has 1 N–H and O–H groups in total. The molecule has 128 valence electrons. The van der Waals surface area contributed by atoms with Gasteiger partial charge in [0.1, 0.15) is 5.52 Å². The van der Waals surface area contributed by atoms with E-state index in [-0.39, 0.29) is 11.9 Å². The first-order chi connectivity index (χ1) is 12.2. The average Bonchev–Trinajstić information content (AvgIpc) is 3.22. The summed E-state index contributed by atoms with van der Waals surface area (Å²) in [6.45, 7) is 3.44. The molecule has 25 heavy (non-hydrogen) atoms. The highest BCUT2D eigenvalue weighted by Crippen LogP contribution is 2.26. The number of fused-ring (bicyclic) bond motifs is 1. The van der Waals surface area contributed by atoms with E-state index in [4.69, 9.17) is 4.42 Å². The number of carbonyl (C=O) groups is 1. The van der Waals surface area contributed by atoms with E-state index >= 15 is 0 Å². The summed E-state index contributed by atoms with van der Waals surface area (Å²) in [5.41, 5.74) is 3.81. The SMILES string of the molecule is Cc1cccc2nc(NC(CN3CCCC3=O)c3ccccc3)oc12. The van der Waals surface area contributed by atoms with Gasteiger partial charge in [0, 0.05) is 19.5 Å². The number of nitrogens with one attached hydrogen (secondary N) is 1. The van der Waals surface area contributed by atoms with Crippen LogP contribution in [0.2, 0.25) is 0 Å². The number of oxazole rings is 1. The van der Waals surface area contributed by atoms with Gasteiger partial charge in [0.05, 0.1) is 6.04 Å². The lowest BCUT2D eigenvalue weighted by molar-refractivity contribution is -0.127. The van der Waals surface area contributed by atoms with Crippen LogP contribution in [-0.4, -0.2) is 28.9 Å². The summed E-state index contributed by atoms with van der Waals surface area (Å²) in [6.07, 6.45) is 1.58. The molecule has 0 saturated carbocycles. The van der Waals surface area contributed by atoms with E-state index in [2.05, 4.69) is 22.4 Å². The number of aromatic nitrogens is 1. The third-order valence-corrected chi connectivity index (χ3v) is 4.69. The van der Waals surface area contributed by atoms with Crippen molar-refractivity contribution < 1.29 is 9.21 Å². The van der Waals surface area contributed by atoms with Crippen molar-refractivity contribution >= 4 is 23.0 Å². The first-order valence-electron chi connectivity index (χ1n) is 8.66. The maximum absolute atomic E-state index is 12.0. The van der Waals surface area contributed by atoms with Crippen LogP contribution < -0.4 is 5.32 Å². The lowest BCUT2D eigenvalue weighted by Gasteiger charge is -2.24. The summed E-state index contributed by atoms with van der Waals surface area (Å²) in [5, 5.41) is 3.39. The van der Waals surface area contributed by atoms with Gasteiger partial charge in [0.25, 0.3) is 6.01 Å². The van der Waals surface area contributed by atoms with Crippen LogP contribution in [0, 0.1) is 6.92 Å². The standard InChI is InChI=1S/C20H21N3O2/c1-14-7-5-10-16-19(14)25-20(21-16)22-17(15-8-3-2-4-9-15)13-23-12-6-11-18(23)24/h2-5,7-10,17H,6,11-13H2,1H3,(H,21,22). The van der Waals surface area contributed by atoms with Crippen molar-refractivity contribution in [3.05, 3.63) is 59.7 Å². The predicted molar refractivity (Wildman–Crippen MR) is 97.4 cm³/mol.